The number of carbonyl (C=O) groups is 1. The van der Waals surface area contributed by atoms with Crippen molar-refractivity contribution in [2.45, 2.75) is 20.3 Å². The number of hydrogen-bond acceptors (Lipinski definition) is 3. The third kappa shape index (κ3) is 3.88. The fraction of sp³-hybridized carbons (Fsp3) is 0.200. The van der Waals surface area contributed by atoms with Gasteiger partial charge in [0.2, 0.25) is 0 Å². The van der Waals surface area contributed by atoms with E-state index in [4.69, 9.17) is 4.74 Å². The van der Waals surface area contributed by atoms with Gasteiger partial charge in [0, 0.05) is 40.7 Å². The number of pyridine rings is 1. The van der Waals surface area contributed by atoms with E-state index in [-0.39, 0.29) is 5.78 Å². The fourth-order valence-electron chi connectivity index (χ4n) is 3.60. The zero-order chi connectivity index (χ0) is 21.3. The van der Waals surface area contributed by atoms with E-state index in [0.29, 0.717) is 51.7 Å². The topological polar surface area (TPSA) is 39.2 Å². The van der Waals surface area contributed by atoms with Crippen LogP contribution < -0.4 is 4.74 Å². The predicted molar refractivity (Wildman–Crippen MR) is 112 cm³/mol. The average molecular weight is 405 g/mol. The third-order valence-corrected chi connectivity index (χ3v) is 5.05. The van der Waals surface area contributed by atoms with Crippen LogP contribution in [0.3, 0.4) is 0 Å². The van der Waals surface area contributed by atoms with E-state index >= 15 is 0 Å². The van der Waals surface area contributed by atoms with Gasteiger partial charge in [0.05, 0.1) is 6.61 Å². The second-order valence-electron chi connectivity index (χ2n) is 7.72. The Morgan fingerprint density at radius 3 is 2.37 bits per heavy atom. The van der Waals surface area contributed by atoms with E-state index < -0.39 is 11.6 Å². The zero-order valence-electron chi connectivity index (χ0n) is 16.8. The Hall–Kier alpha value is -3.34. The number of hydrogen-bond donors (Lipinski definition) is 0. The van der Waals surface area contributed by atoms with Crippen LogP contribution in [-0.2, 0) is 0 Å². The standard InChI is InChI=1S/C25H21F2NO2/c1-15(2)7-9-30-20-5-6-21-22(13-20)25(29)24(16-4-3-8-28-14-16)23(21)17-10-18(26)12-19(27)11-17/h3-6,8,10-15H,7,9H2,1-2H3. The lowest BCUT2D eigenvalue weighted by Gasteiger charge is -2.11. The quantitative estimate of drug-likeness (QED) is 0.509. The van der Waals surface area contributed by atoms with Crippen LogP contribution >= 0.6 is 0 Å². The van der Waals surface area contributed by atoms with Gasteiger partial charge in [-0.25, -0.2) is 8.78 Å². The molecule has 3 nitrogen and oxygen atoms in total. The number of Topliss-reactive ketones (excluding diaryl/α,β-unsaturated/α-hetero) is 1. The Labute approximate surface area is 174 Å². The second kappa shape index (κ2) is 8.19. The van der Waals surface area contributed by atoms with Gasteiger partial charge in [0.1, 0.15) is 17.4 Å². The van der Waals surface area contributed by atoms with Crippen molar-refractivity contribution < 1.29 is 18.3 Å². The molecule has 0 aliphatic heterocycles. The first-order valence-corrected chi connectivity index (χ1v) is 9.87. The van der Waals surface area contributed by atoms with Gasteiger partial charge < -0.3 is 4.74 Å². The molecule has 0 unspecified atom stereocenters. The molecule has 1 heterocycles. The van der Waals surface area contributed by atoms with E-state index in [1.165, 1.54) is 12.1 Å². The molecule has 0 atom stereocenters. The van der Waals surface area contributed by atoms with Crippen molar-refractivity contribution in [3.05, 3.63) is 94.8 Å². The lowest BCUT2D eigenvalue weighted by Crippen LogP contribution is -2.03. The number of ether oxygens (including phenoxy) is 1. The van der Waals surface area contributed by atoms with Crippen molar-refractivity contribution in [3.8, 4) is 5.75 Å². The molecule has 0 saturated carbocycles. The number of aromatic nitrogens is 1. The van der Waals surface area contributed by atoms with Gasteiger partial charge in [0.25, 0.3) is 0 Å². The predicted octanol–water partition coefficient (Wildman–Crippen LogP) is 5.94. The molecule has 0 N–H and O–H groups in total. The monoisotopic (exact) mass is 405 g/mol. The molecule has 4 rings (SSSR count). The molecule has 2 aromatic carbocycles. The normalized spacial score (nSPS) is 13.2. The highest BCUT2D eigenvalue weighted by Gasteiger charge is 2.32. The number of halogens is 2. The highest BCUT2D eigenvalue weighted by molar-refractivity contribution is 6.41. The van der Waals surface area contributed by atoms with Crippen LogP contribution in [0.1, 0.15) is 47.3 Å². The number of fused-ring (bicyclic) bond motifs is 1. The van der Waals surface area contributed by atoms with Gasteiger partial charge in [-0.1, -0.05) is 19.9 Å². The molecule has 0 spiro atoms. The summed E-state index contributed by atoms with van der Waals surface area (Å²) >= 11 is 0. The van der Waals surface area contributed by atoms with Gasteiger partial charge in [-0.05, 0) is 59.9 Å². The van der Waals surface area contributed by atoms with Gasteiger partial charge in [0.15, 0.2) is 5.78 Å². The van der Waals surface area contributed by atoms with Crippen LogP contribution in [0.5, 0.6) is 5.75 Å². The Balaban J connectivity index is 1.83. The minimum absolute atomic E-state index is 0.216. The zero-order valence-corrected chi connectivity index (χ0v) is 16.8. The van der Waals surface area contributed by atoms with Crippen molar-refractivity contribution >= 4 is 16.9 Å². The summed E-state index contributed by atoms with van der Waals surface area (Å²) in [4.78, 5) is 17.5. The first kappa shape index (κ1) is 20.0. The Morgan fingerprint density at radius 2 is 1.70 bits per heavy atom. The van der Waals surface area contributed by atoms with Crippen molar-refractivity contribution in [3.63, 3.8) is 0 Å². The third-order valence-electron chi connectivity index (χ3n) is 5.05. The molecular weight excluding hydrogens is 384 g/mol. The molecule has 0 bridgehead atoms. The maximum atomic E-state index is 14.0. The molecule has 5 heteroatoms. The SMILES string of the molecule is CC(C)CCOc1ccc2c(c1)C(=O)C(c1cccnc1)=C2c1cc(F)cc(F)c1. The summed E-state index contributed by atoms with van der Waals surface area (Å²) in [5.41, 5.74) is 2.86. The summed E-state index contributed by atoms with van der Waals surface area (Å²) in [7, 11) is 0. The number of nitrogens with zero attached hydrogens (tertiary/aromatic N) is 1. The Bertz CT molecular complexity index is 1120. The minimum Gasteiger partial charge on any atom is -0.494 e. The molecule has 3 aromatic rings. The van der Waals surface area contributed by atoms with Gasteiger partial charge >= 0.3 is 0 Å². The molecule has 152 valence electrons. The second-order valence-corrected chi connectivity index (χ2v) is 7.72. The smallest absolute Gasteiger partial charge is 0.195 e. The molecule has 0 amide bonds. The van der Waals surface area contributed by atoms with Crippen LogP contribution in [-0.4, -0.2) is 17.4 Å². The minimum atomic E-state index is -0.697. The molecular formula is C25H21F2NO2. The summed E-state index contributed by atoms with van der Waals surface area (Å²) in [6, 6.07) is 12.1. The van der Waals surface area contributed by atoms with Crippen LogP contribution in [0.2, 0.25) is 0 Å². The van der Waals surface area contributed by atoms with E-state index in [2.05, 4.69) is 18.8 Å². The van der Waals surface area contributed by atoms with Gasteiger partial charge in [-0.3, -0.25) is 9.78 Å². The molecule has 1 aromatic heterocycles. The largest absolute Gasteiger partial charge is 0.494 e. The first-order chi connectivity index (χ1) is 14.4. The van der Waals surface area contributed by atoms with E-state index in [9.17, 15) is 13.6 Å². The maximum Gasteiger partial charge on any atom is 0.195 e. The van der Waals surface area contributed by atoms with Crippen molar-refractivity contribution in [2.24, 2.45) is 5.92 Å². The molecule has 30 heavy (non-hydrogen) atoms. The summed E-state index contributed by atoms with van der Waals surface area (Å²) in [5.74, 6) is -0.503. The number of allylic oxidation sites excluding steroid dienone is 1. The molecule has 1 aliphatic carbocycles. The highest BCUT2D eigenvalue weighted by atomic mass is 19.1. The Kier molecular flexibility index (Phi) is 5.44. The maximum absolute atomic E-state index is 14.0. The van der Waals surface area contributed by atoms with E-state index in [1.807, 2.05) is 0 Å². The number of carbonyl (C=O) groups excluding carboxylic acids is 1. The van der Waals surface area contributed by atoms with Crippen LogP contribution in [0.25, 0.3) is 11.1 Å². The fourth-order valence-corrected chi connectivity index (χ4v) is 3.60. The van der Waals surface area contributed by atoms with Crippen LogP contribution in [0.15, 0.2) is 60.9 Å². The van der Waals surface area contributed by atoms with Gasteiger partial charge in [-0.15, -0.1) is 0 Å². The van der Waals surface area contributed by atoms with Crippen molar-refractivity contribution in [1.82, 2.24) is 4.98 Å². The van der Waals surface area contributed by atoms with Crippen LogP contribution in [0, 0.1) is 17.6 Å². The lowest BCUT2D eigenvalue weighted by molar-refractivity contribution is 0.105. The molecule has 0 saturated heterocycles. The highest BCUT2D eigenvalue weighted by Crippen LogP contribution is 2.43. The summed E-state index contributed by atoms with van der Waals surface area (Å²) in [6.07, 6.45) is 4.09. The van der Waals surface area contributed by atoms with Crippen molar-refractivity contribution in [2.75, 3.05) is 6.61 Å². The van der Waals surface area contributed by atoms with Crippen molar-refractivity contribution in [1.29, 1.82) is 0 Å². The van der Waals surface area contributed by atoms with E-state index in [1.54, 1.807) is 42.7 Å². The summed E-state index contributed by atoms with van der Waals surface area (Å²) < 4.78 is 33.8. The average Bonchev–Trinajstić information content (AvgIpc) is 3.00. The van der Waals surface area contributed by atoms with Gasteiger partial charge in [-0.2, -0.15) is 0 Å². The van der Waals surface area contributed by atoms with E-state index in [0.717, 1.165) is 12.5 Å². The summed E-state index contributed by atoms with van der Waals surface area (Å²) in [6.45, 7) is 4.78. The first-order valence-electron chi connectivity index (χ1n) is 9.87. The molecule has 1 aliphatic rings. The number of benzene rings is 2. The molecule has 0 fully saturated rings. The number of ketones is 1. The summed E-state index contributed by atoms with van der Waals surface area (Å²) in [5, 5.41) is 0. The number of rotatable bonds is 6. The molecule has 0 radical (unpaired) electrons. The van der Waals surface area contributed by atoms with Crippen LogP contribution in [0.4, 0.5) is 8.78 Å². The Morgan fingerprint density at radius 1 is 0.933 bits per heavy atom. The lowest BCUT2D eigenvalue weighted by atomic mass is 9.95.